The molecule has 0 saturated heterocycles. The Bertz CT molecular complexity index is 969. The van der Waals surface area contributed by atoms with Crippen molar-refractivity contribution >= 4 is 23.2 Å². The smallest absolute Gasteiger partial charge is 0.265 e. The first-order valence-corrected chi connectivity index (χ1v) is 9.24. The second kappa shape index (κ2) is 9.05. The largest absolute Gasteiger partial charge is 0.497 e. The zero-order valence-corrected chi connectivity index (χ0v) is 16.9. The lowest BCUT2D eigenvalue weighted by atomic mass is 10.2. The number of carbonyl (C=O) groups is 1. The van der Waals surface area contributed by atoms with E-state index in [1.165, 1.54) is 0 Å². The molecule has 150 valence electrons. The summed E-state index contributed by atoms with van der Waals surface area (Å²) in [6.07, 6.45) is -0.664. The van der Waals surface area contributed by atoms with Gasteiger partial charge in [0.15, 0.2) is 6.10 Å². The Kier molecular flexibility index (Phi) is 6.29. The molecule has 3 rings (SSSR count). The lowest BCUT2D eigenvalue weighted by molar-refractivity contribution is -0.122. The lowest BCUT2D eigenvalue weighted by Gasteiger charge is -2.15. The number of ether oxygens (including phenoxy) is 2. The Morgan fingerprint density at radius 2 is 1.55 bits per heavy atom. The van der Waals surface area contributed by atoms with Crippen LogP contribution in [0.15, 0.2) is 54.6 Å². The van der Waals surface area contributed by atoms with E-state index in [4.69, 9.17) is 9.47 Å². The van der Waals surface area contributed by atoms with E-state index in [0.717, 1.165) is 22.8 Å². The molecule has 1 atom stereocenters. The number of hydrogen-bond donors (Lipinski definition) is 2. The number of rotatable bonds is 7. The molecule has 0 aliphatic rings. The topological polar surface area (TPSA) is 85.4 Å². The van der Waals surface area contributed by atoms with Gasteiger partial charge in [0, 0.05) is 22.8 Å². The van der Waals surface area contributed by atoms with Crippen LogP contribution >= 0.6 is 0 Å². The normalized spacial score (nSPS) is 11.4. The lowest BCUT2D eigenvalue weighted by Crippen LogP contribution is -2.30. The average Bonchev–Trinajstić information content (AvgIpc) is 2.68. The maximum atomic E-state index is 12.5. The standard InChI is InChI=1S/C22H24N4O3/c1-14-12-15(2)24-22(23-14)26-18-7-5-6-17(13-18)25-21(27)16(3)29-20-10-8-19(28-4)9-11-20/h5-13,16H,1-4H3,(H,25,27)(H,23,24,26). The third-order valence-electron chi connectivity index (χ3n) is 4.11. The Morgan fingerprint density at radius 1 is 0.931 bits per heavy atom. The van der Waals surface area contributed by atoms with E-state index < -0.39 is 6.10 Å². The van der Waals surface area contributed by atoms with Crippen LogP contribution in [0.4, 0.5) is 17.3 Å². The van der Waals surface area contributed by atoms with E-state index in [9.17, 15) is 4.79 Å². The highest BCUT2D eigenvalue weighted by Crippen LogP contribution is 2.21. The van der Waals surface area contributed by atoms with Gasteiger partial charge < -0.3 is 20.1 Å². The highest BCUT2D eigenvalue weighted by Gasteiger charge is 2.15. The van der Waals surface area contributed by atoms with Crippen LogP contribution in [0.1, 0.15) is 18.3 Å². The van der Waals surface area contributed by atoms with Gasteiger partial charge in [-0.25, -0.2) is 9.97 Å². The number of nitrogens with one attached hydrogen (secondary N) is 2. The summed E-state index contributed by atoms with van der Waals surface area (Å²) in [5.74, 6) is 1.59. The molecular formula is C22H24N4O3. The number of anilines is 3. The first-order chi connectivity index (χ1) is 13.9. The first-order valence-electron chi connectivity index (χ1n) is 9.24. The van der Waals surface area contributed by atoms with E-state index in [1.54, 1.807) is 38.3 Å². The van der Waals surface area contributed by atoms with Crippen LogP contribution < -0.4 is 20.1 Å². The quantitative estimate of drug-likeness (QED) is 0.625. The van der Waals surface area contributed by atoms with Gasteiger partial charge >= 0.3 is 0 Å². The van der Waals surface area contributed by atoms with Crippen LogP contribution in [0.25, 0.3) is 0 Å². The van der Waals surface area contributed by atoms with E-state index in [1.807, 2.05) is 44.2 Å². The number of hydrogen-bond acceptors (Lipinski definition) is 6. The highest BCUT2D eigenvalue weighted by molar-refractivity contribution is 5.94. The van der Waals surface area contributed by atoms with Crippen LogP contribution in [0, 0.1) is 13.8 Å². The number of methoxy groups -OCH3 is 1. The van der Waals surface area contributed by atoms with Gasteiger partial charge in [-0.1, -0.05) is 6.07 Å². The van der Waals surface area contributed by atoms with Gasteiger partial charge in [0.05, 0.1) is 7.11 Å². The summed E-state index contributed by atoms with van der Waals surface area (Å²) in [5, 5.41) is 6.03. The van der Waals surface area contributed by atoms with E-state index >= 15 is 0 Å². The van der Waals surface area contributed by atoms with E-state index in [0.29, 0.717) is 17.4 Å². The van der Waals surface area contributed by atoms with Crippen LogP contribution in [-0.2, 0) is 4.79 Å². The molecular weight excluding hydrogens is 368 g/mol. The predicted molar refractivity (Wildman–Crippen MR) is 113 cm³/mol. The van der Waals surface area contributed by atoms with Gasteiger partial charge in [0.1, 0.15) is 11.5 Å². The van der Waals surface area contributed by atoms with Crippen molar-refractivity contribution in [2.75, 3.05) is 17.7 Å². The summed E-state index contributed by atoms with van der Waals surface area (Å²) in [4.78, 5) is 21.2. The summed E-state index contributed by atoms with van der Waals surface area (Å²) in [6, 6.07) is 16.3. The number of amides is 1. The van der Waals surface area contributed by atoms with E-state index in [2.05, 4.69) is 20.6 Å². The Morgan fingerprint density at radius 3 is 2.21 bits per heavy atom. The molecule has 7 heteroatoms. The molecule has 0 fully saturated rings. The molecule has 0 spiro atoms. The molecule has 7 nitrogen and oxygen atoms in total. The highest BCUT2D eigenvalue weighted by atomic mass is 16.5. The van der Waals surface area contributed by atoms with Crippen LogP contribution in [0.2, 0.25) is 0 Å². The van der Waals surface area contributed by atoms with Crippen molar-refractivity contribution in [1.29, 1.82) is 0 Å². The Labute approximate surface area is 170 Å². The molecule has 0 radical (unpaired) electrons. The molecule has 0 aliphatic carbocycles. The first kappa shape index (κ1) is 20.1. The fourth-order valence-corrected chi connectivity index (χ4v) is 2.74. The molecule has 0 saturated carbocycles. The summed E-state index contributed by atoms with van der Waals surface area (Å²) in [5.41, 5.74) is 3.19. The molecule has 1 aromatic heterocycles. The second-order valence-electron chi connectivity index (χ2n) is 6.60. The summed E-state index contributed by atoms with van der Waals surface area (Å²) in [6.45, 7) is 5.53. The van der Waals surface area contributed by atoms with Crippen molar-refractivity contribution in [3.05, 3.63) is 66.0 Å². The molecule has 29 heavy (non-hydrogen) atoms. The van der Waals surface area contributed by atoms with Crippen LogP contribution in [0.5, 0.6) is 11.5 Å². The van der Waals surface area contributed by atoms with Crippen molar-refractivity contribution in [3.63, 3.8) is 0 Å². The molecule has 1 heterocycles. The zero-order valence-electron chi connectivity index (χ0n) is 16.9. The number of nitrogens with zero attached hydrogens (tertiary/aromatic N) is 2. The fraction of sp³-hybridized carbons (Fsp3) is 0.227. The van der Waals surface area contributed by atoms with Crippen molar-refractivity contribution < 1.29 is 14.3 Å². The number of aryl methyl sites for hydroxylation is 2. The van der Waals surface area contributed by atoms with Crippen LogP contribution in [0.3, 0.4) is 0 Å². The maximum absolute atomic E-state index is 12.5. The fourth-order valence-electron chi connectivity index (χ4n) is 2.74. The second-order valence-corrected chi connectivity index (χ2v) is 6.60. The summed E-state index contributed by atoms with van der Waals surface area (Å²) >= 11 is 0. The minimum atomic E-state index is -0.664. The minimum absolute atomic E-state index is 0.249. The van der Waals surface area contributed by atoms with Gasteiger partial charge in [-0.15, -0.1) is 0 Å². The number of carbonyl (C=O) groups excluding carboxylic acids is 1. The average molecular weight is 392 g/mol. The monoisotopic (exact) mass is 392 g/mol. The zero-order chi connectivity index (χ0) is 20.8. The van der Waals surface area contributed by atoms with Crippen LogP contribution in [-0.4, -0.2) is 29.1 Å². The van der Waals surface area contributed by atoms with Gasteiger partial charge in [0.2, 0.25) is 5.95 Å². The van der Waals surface area contributed by atoms with Gasteiger partial charge in [-0.3, -0.25) is 4.79 Å². The van der Waals surface area contributed by atoms with Gasteiger partial charge in [0.25, 0.3) is 5.91 Å². The van der Waals surface area contributed by atoms with Crippen molar-refractivity contribution in [3.8, 4) is 11.5 Å². The maximum Gasteiger partial charge on any atom is 0.265 e. The van der Waals surface area contributed by atoms with Gasteiger partial charge in [-0.2, -0.15) is 0 Å². The van der Waals surface area contributed by atoms with Gasteiger partial charge in [-0.05, 0) is 69.3 Å². The third-order valence-corrected chi connectivity index (χ3v) is 4.11. The molecule has 1 amide bonds. The predicted octanol–water partition coefficient (Wildman–Crippen LogP) is 4.25. The Balaban J connectivity index is 1.63. The number of aromatic nitrogens is 2. The summed E-state index contributed by atoms with van der Waals surface area (Å²) < 4.78 is 10.8. The van der Waals surface area contributed by atoms with Crippen molar-refractivity contribution in [2.24, 2.45) is 0 Å². The minimum Gasteiger partial charge on any atom is -0.497 e. The Hall–Kier alpha value is -3.61. The molecule has 0 aliphatic heterocycles. The number of benzene rings is 2. The third kappa shape index (κ3) is 5.68. The van der Waals surface area contributed by atoms with Crippen molar-refractivity contribution in [1.82, 2.24) is 9.97 Å². The molecule has 2 N–H and O–H groups in total. The molecule has 3 aromatic rings. The van der Waals surface area contributed by atoms with Crippen molar-refractivity contribution in [2.45, 2.75) is 26.9 Å². The molecule has 2 aromatic carbocycles. The molecule has 0 bridgehead atoms. The SMILES string of the molecule is COc1ccc(OC(C)C(=O)Nc2cccc(Nc3nc(C)cc(C)n3)c2)cc1. The summed E-state index contributed by atoms with van der Waals surface area (Å²) in [7, 11) is 1.60. The van der Waals surface area contributed by atoms with E-state index in [-0.39, 0.29) is 5.91 Å². The molecule has 1 unspecified atom stereocenters.